The van der Waals surface area contributed by atoms with Crippen molar-refractivity contribution in [2.75, 3.05) is 11.9 Å². The number of benzene rings is 2. The van der Waals surface area contributed by atoms with Crippen molar-refractivity contribution in [3.8, 4) is 5.75 Å². The van der Waals surface area contributed by atoms with Crippen molar-refractivity contribution < 1.29 is 24.2 Å². The summed E-state index contributed by atoms with van der Waals surface area (Å²) in [5, 5.41) is 17.1. The van der Waals surface area contributed by atoms with Gasteiger partial charge in [0.25, 0.3) is 5.91 Å². The van der Waals surface area contributed by atoms with Crippen LogP contribution in [-0.4, -0.2) is 46.1 Å². The van der Waals surface area contributed by atoms with E-state index in [2.05, 4.69) is 17.6 Å². The molecule has 3 N–H and O–H groups in total. The number of alkyl carbamates (subject to hydrolysis) is 1. The van der Waals surface area contributed by atoms with Crippen LogP contribution >= 0.6 is 11.6 Å². The van der Waals surface area contributed by atoms with E-state index in [1.807, 2.05) is 26.8 Å². The number of unbranched alkanes of at least 4 members (excludes halogenated alkanes) is 2. The number of hydrogen-bond acceptors (Lipinski definition) is 5. The molecular weight excluding hydrogens is 542 g/mol. The Hall–Kier alpha value is -3.26. The van der Waals surface area contributed by atoms with Gasteiger partial charge in [-0.3, -0.25) is 9.59 Å². The Morgan fingerprint density at radius 2 is 1.66 bits per heavy atom. The summed E-state index contributed by atoms with van der Waals surface area (Å²) < 4.78 is 5.46. The van der Waals surface area contributed by atoms with Crippen molar-refractivity contribution >= 4 is 35.2 Å². The number of nitrogens with one attached hydrogen (secondary N) is 2. The summed E-state index contributed by atoms with van der Waals surface area (Å²) in [6.07, 6.45) is 1.98. The van der Waals surface area contributed by atoms with Crippen LogP contribution in [0.15, 0.2) is 36.4 Å². The highest BCUT2D eigenvalue weighted by Crippen LogP contribution is 2.35. The number of nitrogens with zero attached hydrogens (tertiary/aromatic N) is 1. The molecule has 0 aromatic heterocycles. The SMILES string of the molecule is CCCCCN(C(=O)C(CC(C)C)NC(=O)OC(C)(C)C)C(C(=O)Nc1c(C)cccc1Cl)c1cccc(C)c1O. The van der Waals surface area contributed by atoms with Gasteiger partial charge in [-0.25, -0.2) is 4.79 Å². The molecule has 9 heteroatoms. The van der Waals surface area contributed by atoms with Gasteiger partial charge in [0.2, 0.25) is 5.91 Å². The van der Waals surface area contributed by atoms with Gasteiger partial charge in [0.1, 0.15) is 23.4 Å². The minimum Gasteiger partial charge on any atom is -0.507 e. The van der Waals surface area contributed by atoms with Crippen LogP contribution in [0, 0.1) is 19.8 Å². The molecule has 2 unspecified atom stereocenters. The maximum atomic E-state index is 14.3. The molecule has 0 spiro atoms. The normalized spacial score (nSPS) is 12.9. The maximum Gasteiger partial charge on any atom is 0.408 e. The minimum atomic E-state index is -1.19. The van der Waals surface area contributed by atoms with Crippen LogP contribution in [0.3, 0.4) is 0 Å². The summed E-state index contributed by atoms with van der Waals surface area (Å²) in [4.78, 5) is 42.7. The van der Waals surface area contributed by atoms with Crippen molar-refractivity contribution in [2.45, 2.75) is 98.8 Å². The van der Waals surface area contributed by atoms with Gasteiger partial charge in [-0.15, -0.1) is 0 Å². The Kier molecular flexibility index (Phi) is 12.5. The molecule has 0 aliphatic carbocycles. The average molecular weight is 588 g/mol. The summed E-state index contributed by atoms with van der Waals surface area (Å²) in [6, 6.07) is 8.28. The van der Waals surface area contributed by atoms with Gasteiger partial charge in [0.15, 0.2) is 0 Å². The lowest BCUT2D eigenvalue weighted by Gasteiger charge is -2.35. The number of carbonyl (C=O) groups excluding carboxylic acids is 3. The Balaban J connectivity index is 2.64. The van der Waals surface area contributed by atoms with Crippen molar-refractivity contribution in [1.29, 1.82) is 0 Å². The maximum absolute atomic E-state index is 14.3. The van der Waals surface area contributed by atoms with Gasteiger partial charge in [-0.1, -0.05) is 75.5 Å². The number of carbonyl (C=O) groups is 3. The van der Waals surface area contributed by atoms with E-state index in [0.717, 1.165) is 18.4 Å². The second-order valence-electron chi connectivity index (χ2n) is 11.9. The molecule has 2 aromatic carbocycles. The number of ether oxygens (including phenoxy) is 1. The summed E-state index contributed by atoms with van der Waals surface area (Å²) in [6.45, 7) is 15.0. The Morgan fingerprint density at radius 3 is 2.24 bits per heavy atom. The fourth-order valence-electron chi connectivity index (χ4n) is 4.58. The van der Waals surface area contributed by atoms with E-state index < -0.39 is 35.6 Å². The van der Waals surface area contributed by atoms with E-state index in [9.17, 15) is 19.5 Å². The molecule has 2 rings (SSSR count). The van der Waals surface area contributed by atoms with Crippen LogP contribution in [0.5, 0.6) is 5.75 Å². The first-order valence-corrected chi connectivity index (χ1v) is 14.7. The molecule has 0 heterocycles. The monoisotopic (exact) mass is 587 g/mol. The van der Waals surface area contributed by atoms with Gasteiger partial charge >= 0.3 is 6.09 Å². The van der Waals surface area contributed by atoms with E-state index >= 15 is 0 Å². The third-order valence-electron chi connectivity index (χ3n) is 6.58. The van der Waals surface area contributed by atoms with Gasteiger partial charge in [-0.05, 0) is 70.6 Å². The molecule has 0 aliphatic rings. The van der Waals surface area contributed by atoms with Crippen LogP contribution in [0.2, 0.25) is 5.02 Å². The van der Waals surface area contributed by atoms with Crippen molar-refractivity contribution in [3.63, 3.8) is 0 Å². The fraction of sp³-hybridized carbons (Fsp3) is 0.531. The van der Waals surface area contributed by atoms with Crippen molar-refractivity contribution in [2.24, 2.45) is 5.92 Å². The number of aromatic hydroxyl groups is 1. The second-order valence-corrected chi connectivity index (χ2v) is 12.3. The first-order valence-electron chi connectivity index (χ1n) is 14.3. The Labute approximate surface area is 249 Å². The first-order chi connectivity index (χ1) is 19.2. The third-order valence-corrected chi connectivity index (χ3v) is 6.89. The molecular formula is C32H46ClN3O5. The zero-order chi connectivity index (χ0) is 30.9. The highest BCUT2D eigenvalue weighted by Gasteiger charge is 2.38. The van der Waals surface area contributed by atoms with E-state index in [0.29, 0.717) is 29.1 Å². The minimum absolute atomic E-state index is 0.0572. The van der Waals surface area contributed by atoms with E-state index in [-0.39, 0.29) is 23.8 Å². The van der Waals surface area contributed by atoms with E-state index in [4.69, 9.17) is 16.3 Å². The topological polar surface area (TPSA) is 108 Å². The molecule has 0 radical (unpaired) electrons. The lowest BCUT2D eigenvalue weighted by Crippen LogP contribution is -2.53. The number of para-hydroxylation sites is 2. The summed E-state index contributed by atoms with van der Waals surface area (Å²) in [5.41, 5.74) is 1.30. The first kappa shape index (κ1) is 33.9. The number of aryl methyl sites for hydroxylation is 2. The highest BCUT2D eigenvalue weighted by atomic mass is 35.5. The molecule has 8 nitrogen and oxygen atoms in total. The number of amides is 3. The molecule has 0 fully saturated rings. The molecule has 0 saturated carbocycles. The number of hydrogen-bond donors (Lipinski definition) is 3. The van der Waals surface area contributed by atoms with Gasteiger partial charge in [0, 0.05) is 12.1 Å². The standard InChI is InChI=1S/C32H46ClN3O5/c1-9-10-11-18-36(30(39)25(19-20(2)3)34-31(40)41-32(6,7)8)27(23-16-12-15-22(5)28(23)37)29(38)35-26-21(4)14-13-17-24(26)33/h12-17,20,25,27,37H,9-11,18-19H2,1-8H3,(H,34,40)(H,35,38). The average Bonchev–Trinajstić information content (AvgIpc) is 2.86. The molecule has 3 amide bonds. The number of anilines is 1. The Bertz CT molecular complexity index is 1190. The van der Waals surface area contributed by atoms with Gasteiger partial charge < -0.3 is 25.4 Å². The molecule has 2 aromatic rings. The Morgan fingerprint density at radius 1 is 1.02 bits per heavy atom. The summed E-state index contributed by atoms with van der Waals surface area (Å²) >= 11 is 6.44. The third kappa shape index (κ3) is 9.95. The molecule has 2 atom stereocenters. The van der Waals surface area contributed by atoms with Crippen LogP contribution in [-0.2, 0) is 14.3 Å². The number of phenols is 1. The largest absolute Gasteiger partial charge is 0.507 e. The summed E-state index contributed by atoms with van der Waals surface area (Å²) in [7, 11) is 0. The lowest BCUT2D eigenvalue weighted by molar-refractivity contribution is -0.141. The molecule has 0 saturated heterocycles. The van der Waals surface area contributed by atoms with Crippen molar-refractivity contribution in [3.05, 3.63) is 58.1 Å². The smallest absolute Gasteiger partial charge is 0.408 e. The fourth-order valence-corrected chi connectivity index (χ4v) is 4.85. The van der Waals surface area contributed by atoms with Crippen LogP contribution in [0.25, 0.3) is 0 Å². The predicted octanol–water partition coefficient (Wildman–Crippen LogP) is 7.30. The zero-order valence-electron chi connectivity index (χ0n) is 25.6. The van der Waals surface area contributed by atoms with E-state index in [1.54, 1.807) is 58.0 Å². The molecule has 226 valence electrons. The summed E-state index contributed by atoms with van der Waals surface area (Å²) in [5.74, 6) is -0.968. The van der Waals surface area contributed by atoms with Crippen LogP contribution < -0.4 is 10.6 Å². The zero-order valence-corrected chi connectivity index (χ0v) is 26.4. The highest BCUT2D eigenvalue weighted by molar-refractivity contribution is 6.34. The van der Waals surface area contributed by atoms with Gasteiger partial charge in [-0.2, -0.15) is 0 Å². The number of phenolic OH excluding ortho intramolecular Hbond substituents is 1. The van der Waals surface area contributed by atoms with E-state index in [1.165, 1.54) is 4.90 Å². The number of rotatable bonds is 12. The second kappa shape index (κ2) is 15.1. The van der Waals surface area contributed by atoms with Crippen LogP contribution in [0.4, 0.5) is 10.5 Å². The molecule has 0 bridgehead atoms. The molecule has 41 heavy (non-hydrogen) atoms. The quantitative estimate of drug-likeness (QED) is 0.226. The lowest BCUT2D eigenvalue weighted by atomic mass is 9.97. The number of halogens is 1. The predicted molar refractivity (Wildman–Crippen MR) is 164 cm³/mol. The molecule has 0 aliphatic heterocycles. The van der Waals surface area contributed by atoms with Crippen molar-refractivity contribution in [1.82, 2.24) is 10.2 Å². The van der Waals surface area contributed by atoms with Gasteiger partial charge in [0.05, 0.1) is 10.7 Å². The van der Waals surface area contributed by atoms with Crippen LogP contribution in [0.1, 0.15) is 90.0 Å².